The van der Waals surface area contributed by atoms with E-state index in [1.165, 1.54) is 11.1 Å². The highest BCUT2D eigenvalue weighted by atomic mass is 16.5. The molecule has 32 heavy (non-hydrogen) atoms. The molecule has 0 saturated carbocycles. The first kappa shape index (κ1) is 23.4. The number of nitrogen functional groups attached to an aromatic ring is 1. The Hall–Kier alpha value is -3.22. The zero-order valence-electron chi connectivity index (χ0n) is 18.6. The Morgan fingerprint density at radius 3 is 2.47 bits per heavy atom. The van der Waals surface area contributed by atoms with Crippen LogP contribution in [0.2, 0.25) is 0 Å². The average molecular weight is 433 g/mol. The second kappa shape index (κ2) is 12.6. The smallest absolute Gasteiger partial charge is 0.255 e. The number of anilines is 2. The number of nitrogens with zero attached hydrogens (tertiary/aromatic N) is 1. The molecule has 1 heterocycles. The van der Waals surface area contributed by atoms with Crippen molar-refractivity contribution >= 4 is 17.4 Å². The van der Waals surface area contributed by atoms with E-state index in [0.717, 1.165) is 44.5 Å². The van der Waals surface area contributed by atoms with Crippen LogP contribution >= 0.6 is 0 Å². The van der Waals surface area contributed by atoms with Crippen LogP contribution in [-0.2, 0) is 17.9 Å². The molecule has 6 nitrogen and oxygen atoms in total. The molecule has 0 atom stereocenters. The van der Waals surface area contributed by atoms with Gasteiger partial charge in [0.2, 0.25) is 0 Å². The Balaban J connectivity index is 1.25. The summed E-state index contributed by atoms with van der Waals surface area (Å²) in [5.41, 5.74) is 10.5. The fourth-order valence-electron chi connectivity index (χ4n) is 3.24. The second-order valence-electron chi connectivity index (χ2n) is 7.90. The van der Waals surface area contributed by atoms with Gasteiger partial charge in [-0.05, 0) is 62.1 Å². The molecule has 0 spiro atoms. The van der Waals surface area contributed by atoms with Gasteiger partial charge in [0.1, 0.15) is 5.82 Å². The first-order chi connectivity index (χ1) is 15.6. The Kier molecular flexibility index (Phi) is 9.22. The molecule has 6 heteroatoms. The summed E-state index contributed by atoms with van der Waals surface area (Å²) in [6.45, 7) is 5.32. The number of hydrogen-bond donors (Lipinski definition) is 3. The predicted molar refractivity (Wildman–Crippen MR) is 129 cm³/mol. The van der Waals surface area contributed by atoms with Crippen molar-refractivity contribution in [2.45, 2.75) is 39.3 Å². The van der Waals surface area contributed by atoms with Crippen molar-refractivity contribution in [1.29, 1.82) is 0 Å². The number of nitrogens with two attached hydrogens (primary N) is 1. The number of ether oxygens (including phenoxy) is 1. The number of rotatable bonds is 12. The SMILES string of the molecule is Cc1ccc(COCCCCCNCc2ccc(C(=O)Nc3ccnc(N)c3)cc2)cc1. The maximum absolute atomic E-state index is 12.3. The number of carbonyl (C=O) groups excluding carboxylic acids is 1. The molecule has 0 aliphatic carbocycles. The molecule has 3 aromatic rings. The number of amides is 1. The molecule has 1 aromatic heterocycles. The van der Waals surface area contributed by atoms with Crippen LogP contribution in [0.3, 0.4) is 0 Å². The monoisotopic (exact) mass is 432 g/mol. The summed E-state index contributed by atoms with van der Waals surface area (Å²) >= 11 is 0. The van der Waals surface area contributed by atoms with Gasteiger partial charge in [0.15, 0.2) is 0 Å². The number of hydrogen-bond acceptors (Lipinski definition) is 5. The summed E-state index contributed by atoms with van der Waals surface area (Å²) < 4.78 is 5.75. The van der Waals surface area contributed by atoms with E-state index in [9.17, 15) is 4.79 Å². The number of aromatic nitrogens is 1. The number of benzene rings is 2. The van der Waals surface area contributed by atoms with Crippen LogP contribution in [0.5, 0.6) is 0 Å². The Labute approximate surface area is 190 Å². The van der Waals surface area contributed by atoms with Gasteiger partial charge in [-0.15, -0.1) is 0 Å². The summed E-state index contributed by atoms with van der Waals surface area (Å²) in [4.78, 5) is 16.3. The predicted octanol–water partition coefficient (Wildman–Crippen LogP) is 4.70. The van der Waals surface area contributed by atoms with Gasteiger partial charge < -0.3 is 21.1 Å². The molecular weight excluding hydrogens is 400 g/mol. The zero-order valence-corrected chi connectivity index (χ0v) is 18.6. The summed E-state index contributed by atoms with van der Waals surface area (Å²) in [7, 11) is 0. The summed E-state index contributed by atoms with van der Waals surface area (Å²) in [5.74, 6) is 0.207. The van der Waals surface area contributed by atoms with Crippen LogP contribution < -0.4 is 16.4 Å². The zero-order chi connectivity index (χ0) is 22.6. The van der Waals surface area contributed by atoms with E-state index in [1.54, 1.807) is 18.3 Å². The van der Waals surface area contributed by atoms with Crippen molar-refractivity contribution in [2.24, 2.45) is 0 Å². The quantitative estimate of drug-likeness (QED) is 0.361. The van der Waals surface area contributed by atoms with Crippen LogP contribution in [0.15, 0.2) is 66.9 Å². The molecule has 3 rings (SSSR count). The van der Waals surface area contributed by atoms with Crippen molar-refractivity contribution in [2.75, 3.05) is 24.2 Å². The van der Waals surface area contributed by atoms with E-state index in [4.69, 9.17) is 10.5 Å². The minimum atomic E-state index is -0.167. The number of aryl methyl sites for hydroxylation is 1. The third-order valence-corrected chi connectivity index (χ3v) is 5.12. The molecule has 2 aromatic carbocycles. The van der Waals surface area contributed by atoms with Crippen molar-refractivity contribution in [1.82, 2.24) is 10.3 Å². The van der Waals surface area contributed by atoms with Crippen LogP contribution in [0.4, 0.5) is 11.5 Å². The minimum Gasteiger partial charge on any atom is -0.384 e. The van der Waals surface area contributed by atoms with Gasteiger partial charge in [-0.1, -0.05) is 42.0 Å². The Morgan fingerprint density at radius 1 is 0.969 bits per heavy atom. The highest BCUT2D eigenvalue weighted by Gasteiger charge is 2.06. The number of carbonyl (C=O) groups is 1. The van der Waals surface area contributed by atoms with Crippen LogP contribution in [0.25, 0.3) is 0 Å². The molecule has 1 amide bonds. The first-order valence-electron chi connectivity index (χ1n) is 11.1. The number of pyridine rings is 1. The van der Waals surface area contributed by atoms with Gasteiger partial charge in [-0.2, -0.15) is 0 Å². The molecule has 0 aliphatic heterocycles. The van der Waals surface area contributed by atoms with Crippen molar-refractivity contribution in [3.8, 4) is 0 Å². The lowest BCUT2D eigenvalue weighted by molar-refractivity contribution is 0.102. The maximum atomic E-state index is 12.3. The third-order valence-electron chi connectivity index (χ3n) is 5.12. The molecule has 0 bridgehead atoms. The van der Waals surface area contributed by atoms with Gasteiger partial charge in [-0.3, -0.25) is 4.79 Å². The summed E-state index contributed by atoms with van der Waals surface area (Å²) in [6.07, 6.45) is 4.89. The highest BCUT2D eigenvalue weighted by molar-refractivity contribution is 6.04. The van der Waals surface area contributed by atoms with E-state index in [-0.39, 0.29) is 5.91 Å². The largest absolute Gasteiger partial charge is 0.384 e. The Morgan fingerprint density at radius 2 is 1.72 bits per heavy atom. The lowest BCUT2D eigenvalue weighted by atomic mass is 10.1. The van der Waals surface area contributed by atoms with E-state index in [2.05, 4.69) is 46.8 Å². The average Bonchev–Trinajstić information content (AvgIpc) is 2.79. The van der Waals surface area contributed by atoms with Gasteiger partial charge in [-0.25, -0.2) is 4.98 Å². The topological polar surface area (TPSA) is 89.3 Å². The maximum Gasteiger partial charge on any atom is 0.255 e. The fourth-order valence-corrected chi connectivity index (χ4v) is 3.24. The highest BCUT2D eigenvalue weighted by Crippen LogP contribution is 2.12. The van der Waals surface area contributed by atoms with Gasteiger partial charge in [0.05, 0.1) is 6.61 Å². The van der Waals surface area contributed by atoms with Crippen LogP contribution in [0, 0.1) is 6.92 Å². The summed E-state index contributed by atoms with van der Waals surface area (Å²) in [5, 5.41) is 6.28. The van der Waals surface area contributed by atoms with Crippen LogP contribution in [0.1, 0.15) is 46.3 Å². The molecule has 0 fully saturated rings. The number of unbranched alkanes of at least 4 members (excludes halogenated alkanes) is 2. The second-order valence-corrected chi connectivity index (χ2v) is 7.90. The van der Waals surface area contributed by atoms with E-state index >= 15 is 0 Å². The normalized spacial score (nSPS) is 10.8. The van der Waals surface area contributed by atoms with E-state index < -0.39 is 0 Å². The fraction of sp³-hybridized carbons (Fsp3) is 0.308. The summed E-state index contributed by atoms with van der Waals surface area (Å²) in [6, 6.07) is 19.4. The molecule has 0 aliphatic rings. The Bertz CT molecular complexity index is 972. The standard InChI is InChI=1S/C26H32N4O2/c1-20-5-7-22(8-6-20)19-32-16-4-2-3-14-28-18-21-9-11-23(12-10-21)26(31)30-24-13-15-29-25(27)17-24/h5-13,15,17,28H,2-4,14,16,18-19H2,1H3,(H3,27,29,30,31). The van der Waals surface area contributed by atoms with E-state index in [1.807, 2.05) is 24.3 Å². The molecule has 0 saturated heterocycles. The number of nitrogens with one attached hydrogen (secondary N) is 2. The van der Waals surface area contributed by atoms with Gasteiger partial charge >= 0.3 is 0 Å². The lowest BCUT2D eigenvalue weighted by Crippen LogP contribution is -2.15. The molecule has 168 valence electrons. The lowest BCUT2D eigenvalue weighted by Gasteiger charge is -2.08. The molecule has 4 N–H and O–H groups in total. The van der Waals surface area contributed by atoms with Crippen molar-refractivity contribution in [3.63, 3.8) is 0 Å². The molecular formula is C26H32N4O2. The molecule has 0 radical (unpaired) electrons. The minimum absolute atomic E-state index is 0.167. The van der Waals surface area contributed by atoms with Crippen molar-refractivity contribution in [3.05, 3.63) is 89.1 Å². The van der Waals surface area contributed by atoms with Crippen LogP contribution in [-0.4, -0.2) is 24.0 Å². The van der Waals surface area contributed by atoms with Gasteiger partial charge in [0.25, 0.3) is 5.91 Å². The third kappa shape index (κ3) is 8.13. The molecule has 0 unspecified atom stereocenters. The van der Waals surface area contributed by atoms with Gasteiger partial charge in [0, 0.05) is 36.7 Å². The van der Waals surface area contributed by atoms with Crippen molar-refractivity contribution < 1.29 is 9.53 Å². The first-order valence-corrected chi connectivity index (χ1v) is 11.1. The van der Waals surface area contributed by atoms with E-state index in [0.29, 0.717) is 23.7 Å².